The molecule has 0 aliphatic carbocycles. The number of hydrogen-bond acceptors (Lipinski definition) is 8. The van der Waals surface area contributed by atoms with Gasteiger partial charge in [-0.15, -0.1) is 0 Å². The van der Waals surface area contributed by atoms with E-state index in [4.69, 9.17) is 14.2 Å². The maximum absolute atomic E-state index is 15.0. The molecule has 0 N–H and O–H groups in total. The average molecular weight is 803 g/mol. The van der Waals surface area contributed by atoms with E-state index in [9.17, 15) is 22.8 Å². The van der Waals surface area contributed by atoms with Gasteiger partial charge in [0.05, 0.1) is 34.3 Å². The number of carbonyl (C=O) groups is 1. The Morgan fingerprint density at radius 1 is 0.828 bits per heavy atom. The number of ether oxygens (including phenoxy) is 3. The SMILES string of the molecule is CC[C@H]1[C@@H](OCc2ccccc2)Oc2c(c(=O)n(C)c(=O)n2C)[C@@H]1C[C@H]1c2c(c3ccccc3n2S(=O)(=O)c2ccc(C)cc2)CCN1C(=O)OCc1ccccc1. The fourth-order valence-electron chi connectivity index (χ4n) is 8.60. The van der Waals surface area contributed by atoms with Crippen molar-refractivity contribution in [2.45, 2.75) is 69.5 Å². The highest BCUT2D eigenvalue weighted by atomic mass is 32.2. The Bertz CT molecular complexity index is 2710. The fourth-order valence-corrected chi connectivity index (χ4v) is 10.2. The Morgan fingerprint density at radius 2 is 1.47 bits per heavy atom. The van der Waals surface area contributed by atoms with E-state index in [0.29, 0.717) is 24.1 Å². The third-order valence-electron chi connectivity index (χ3n) is 11.6. The second kappa shape index (κ2) is 15.8. The van der Waals surface area contributed by atoms with Crippen molar-refractivity contribution in [3.05, 3.63) is 164 Å². The molecule has 4 heterocycles. The van der Waals surface area contributed by atoms with E-state index < -0.39 is 51.5 Å². The lowest BCUT2D eigenvalue weighted by molar-refractivity contribution is -0.146. The van der Waals surface area contributed by atoms with Crippen molar-refractivity contribution in [3.63, 3.8) is 0 Å². The number of nitrogens with zero attached hydrogens (tertiary/aromatic N) is 4. The highest BCUT2D eigenvalue weighted by molar-refractivity contribution is 7.90. The molecule has 0 saturated heterocycles. The maximum Gasteiger partial charge on any atom is 0.410 e. The van der Waals surface area contributed by atoms with E-state index in [1.54, 1.807) is 48.3 Å². The van der Waals surface area contributed by atoms with Gasteiger partial charge in [-0.2, -0.15) is 0 Å². The summed E-state index contributed by atoms with van der Waals surface area (Å²) in [6.07, 6.45) is -0.540. The Morgan fingerprint density at radius 3 is 2.14 bits per heavy atom. The number of amides is 1. The molecule has 1 amide bonds. The highest BCUT2D eigenvalue weighted by Crippen LogP contribution is 2.49. The number of para-hydroxylation sites is 1. The fraction of sp³-hybridized carbons (Fsp3) is 0.311. The monoisotopic (exact) mass is 802 g/mol. The second-order valence-corrected chi connectivity index (χ2v) is 16.9. The van der Waals surface area contributed by atoms with Crippen molar-refractivity contribution in [2.24, 2.45) is 20.0 Å². The highest BCUT2D eigenvalue weighted by Gasteiger charge is 2.47. The van der Waals surface area contributed by atoms with E-state index in [-0.39, 0.29) is 42.5 Å². The van der Waals surface area contributed by atoms with Crippen molar-refractivity contribution in [1.29, 1.82) is 0 Å². The molecule has 300 valence electrons. The molecule has 0 unspecified atom stereocenters. The molecular weight excluding hydrogens is 757 g/mol. The van der Waals surface area contributed by atoms with E-state index >= 15 is 0 Å². The molecule has 0 radical (unpaired) electrons. The van der Waals surface area contributed by atoms with E-state index in [0.717, 1.165) is 32.2 Å². The molecule has 0 bridgehead atoms. The van der Waals surface area contributed by atoms with Crippen LogP contribution in [0, 0.1) is 12.8 Å². The number of aromatic nitrogens is 3. The summed E-state index contributed by atoms with van der Waals surface area (Å²) in [5.41, 5.74) is 3.52. The smallest absolute Gasteiger partial charge is 0.410 e. The van der Waals surface area contributed by atoms with Crippen LogP contribution in [0.15, 0.2) is 124 Å². The van der Waals surface area contributed by atoms with E-state index in [1.807, 2.05) is 86.6 Å². The maximum atomic E-state index is 15.0. The first kappa shape index (κ1) is 38.9. The van der Waals surface area contributed by atoms with E-state index in [2.05, 4.69) is 0 Å². The quantitative estimate of drug-likeness (QED) is 0.145. The van der Waals surface area contributed by atoms with Crippen molar-refractivity contribution < 1.29 is 27.4 Å². The number of rotatable bonds is 10. The first-order valence-corrected chi connectivity index (χ1v) is 21.0. The van der Waals surface area contributed by atoms with Gasteiger partial charge in [0, 0.05) is 37.9 Å². The Balaban J connectivity index is 1.32. The molecule has 58 heavy (non-hydrogen) atoms. The Labute approximate surface area is 336 Å². The van der Waals surface area contributed by atoms with Crippen molar-refractivity contribution in [2.75, 3.05) is 6.54 Å². The minimum atomic E-state index is -4.24. The number of fused-ring (bicyclic) bond motifs is 4. The summed E-state index contributed by atoms with van der Waals surface area (Å²) >= 11 is 0. The summed E-state index contributed by atoms with van der Waals surface area (Å²) in [5, 5.41) is 0.761. The molecule has 2 aromatic heterocycles. The van der Waals surface area contributed by atoms with Gasteiger partial charge >= 0.3 is 11.8 Å². The first-order valence-electron chi connectivity index (χ1n) is 19.5. The molecule has 0 fully saturated rings. The molecule has 8 rings (SSSR count). The van der Waals surface area contributed by atoms with Gasteiger partial charge < -0.3 is 14.2 Å². The van der Waals surface area contributed by atoms with Crippen LogP contribution in [0.2, 0.25) is 0 Å². The van der Waals surface area contributed by atoms with Gasteiger partial charge in [-0.1, -0.05) is 103 Å². The van der Waals surface area contributed by atoms with Crippen molar-refractivity contribution >= 4 is 27.0 Å². The molecule has 4 aromatic carbocycles. The summed E-state index contributed by atoms with van der Waals surface area (Å²) in [7, 11) is -1.26. The summed E-state index contributed by atoms with van der Waals surface area (Å²) in [6.45, 7) is 4.32. The molecule has 4 atom stereocenters. The van der Waals surface area contributed by atoms with Crippen LogP contribution < -0.4 is 16.0 Å². The largest absolute Gasteiger partial charge is 0.449 e. The number of benzene rings is 4. The standard InChI is InChI=1S/C45H46N4O8S/c1-5-33-36(39-41(50)46(3)44(51)47(4)42(39)57-43(33)55-27-30-14-8-6-9-15-30)26-38-40-35(24-25-48(38)45(52)56-28-31-16-10-7-11-17-31)34-18-12-13-19-37(34)49(40)58(53,54)32-22-20-29(2)21-23-32/h6-23,33,36,38,43H,5,24-28H2,1-4H3/t33-,36-,38+,43+/m1/s1. The molecule has 2 aliphatic rings. The topological polar surface area (TPSA) is 131 Å². The van der Waals surface area contributed by atoms with Crippen LogP contribution in [-0.4, -0.2) is 45.4 Å². The zero-order chi connectivity index (χ0) is 40.7. The van der Waals surface area contributed by atoms with Crippen LogP contribution in [0.1, 0.15) is 65.2 Å². The Hall–Kier alpha value is -5.92. The van der Waals surface area contributed by atoms with Gasteiger partial charge in [0.25, 0.3) is 15.6 Å². The lowest BCUT2D eigenvalue weighted by Crippen LogP contribution is -2.49. The number of hydrogen-bond donors (Lipinski definition) is 0. The summed E-state index contributed by atoms with van der Waals surface area (Å²) in [6, 6.07) is 32.2. The molecular formula is C45H46N4O8S. The van der Waals surface area contributed by atoms with Gasteiger partial charge in [0.1, 0.15) is 6.61 Å². The summed E-state index contributed by atoms with van der Waals surface area (Å²) in [4.78, 5) is 43.8. The number of aryl methyl sites for hydroxylation is 1. The van der Waals surface area contributed by atoms with Gasteiger partial charge in [0.15, 0.2) is 0 Å². The predicted octanol–water partition coefficient (Wildman–Crippen LogP) is 6.96. The first-order chi connectivity index (χ1) is 28.0. The summed E-state index contributed by atoms with van der Waals surface area (Å²) in [5.74, 6) is -1.02. The second-order valence-electron chi connectivity index (χ2n) is 15.1. The summed E-state index contributed by atoms with van der Waals surface area (Å²) < 4.78 is 52.7. The van der Waals surface area contributed by atoms with Gasteiger partial charge in [-0.3, -0.25) is 18.8 Å². The zero-order valence-corrected chi connectivity index (χ0v) is 33.7. The van der Waals surface area contributed by atoms with Crippen LogP contribution in [0.4, 0.5) is 4.79 Å². The molecule has 0 spiro atoms. The minimum Gasteiger partial charge on any atom is -0.449 e. The van der Waals surface area contributed by atoms with Crippen LogP contribution in [0.5, 0.6) is 5.88 Å². The van der Waals surface area contributed by atoms with Crippen LogP contribution >= 0.6 is 0 Å². The Kier molecular flexibility index (Phi) is 10.6. The third kappa shape index (κ3) is 6.92. The van der Waals surface area contributed by atoms with Gasteiger partial charge in [0.2, 0.25) is 12.2 Å². The molecule has 12 nitrogen and oxygen atoms in total. The molecule has 6 aromatic rings. The van der Waals surface area contributed by atoms with Crippen molar-refractivity contribution in [3.8, 4) is 5.88 Å². The average Bonchev–Trinajstić information content (AvgIpc) is 3.60. The van der Waals surface area contributed by atoms with Gasteiger partial charge in [-0.25, -0.2) is 22.0 Å². The third-order valence-corrected chi connectivity index (χ3v) is 13.3. The lowest BCUT2D eigenvalue weighted by Gasteiger charge is -2.43. The van der Waals surface area contributed by atoms with Crippen molar-refractivity contribution in [1.82, 2.24) is 18.0 Å². The van der Waals surface area contributed by atoms with E-state index in [1.165, 1.54) is 15.6 Å². The predicted molar refractivity (Wildman–Crippen MR) is 219 cm³/mol. The minimum absolute atomic E-state index is 0.0101. The van der Waals surface area contributed by atoms with Crippen LogP contribution in [-0.2, 0) is 53.2 Å². The zero-order valence-electron chi connectivity index (χ0n) is 32.9. The van der Waals surface area contributed by atoms with Gasteiger partial charge in [-0.05, 0) is 61.1 Å². The number of carbonyl (C=O) groups excluding carboxylic acids is 1. The molecule has 2 aliphatic heterocycles. The molecule has 13 heteroatoms. The lowest BCUT2D eigenvalue weighted by atomic mass is 9.77. The normalized spacial score (nSPS) is 19.0. The van der Waals surface area contributed by atoms with Crippen LogP contribution in [0.25, 0.3) is 10.9 Å². The van der Waals surface area contributed by atoms with Crippen LogP contribution in [0.3, 0.4) is 0 Å². The molecule has 0 saturated carbocycles.